The van der Waals surface area contributed by atoms with Gasteiger partial charge in [-0.25, -0.2) is 4.98 Å². The maximum Gasteiger partial charge on any atom is 0.129 e. The molecule has 0 fully saturated rings. The van der Waals surface area contributed by atoms with Crippen molar-refractivity contribution in [1.82, 2.24) is 4.98 Å². The highest BCUT2D eigenvalue weighted by Crippen LogP contribution is 2.26. The van der Waals surface area contributed by atoms with E-state index in [1.807, 2.05) is 44.3 Å². The normalized spacial score (nSPS) is 13.8. The first-order valence-electron chi connectivity index (χ1n) is 6.69. The average molecular weight is 290 g/mol. The molecule has 106 valence electrons. The summed E-state index contributed by atoms with van der Waals surface area (Å²) in [4.78, 5) is 6.55. The van der Waals surface area contributed by atoms with Crippen molar-refractivity contribution in [3.05, 3.63) is 58.7 Å². The van der Waals surface area contributed by atoms with E-state index in [1.54, 1.807) is 6.20 Å². The molecule has 0 saturated carbocycles. The minimum Gasteiger partial charge on any atom is -0.353 e. The van der Waals surface area contributed by atoms with Crippen molar-refractivity contribution < 1.29 is 0 Å². The summed E-state index contributed by atoms with van der Waals surface area (Å²) in [6.07, 6.45) is 1.80. The number of nitrogens with two attached hydrogens (primary N) is 1. The first kappa shape index (κ1) is 14.8. The van der Waals surface area contributed by atoms with E-state index in [1.165, 1.54) is 0 Å². The van der Waals surface area contributed by atoms with Gasteiger partial charge in [0.2, 0.25) is 0 Å². The lowest BCUT2D eigenvalue weighted by Gasteiger charge is -2.27. The van der Waals surface area contributed by atoms with Crippen LogP contribution in [-0.4, -0.2) is 12.0 Å². The number of rotatable bonds is 4. The second-order valence-corrected chi connectivity index (χ2v) is 5.51. The molecule has 1 aromatic carbocycles. The van der Waals surface area contributed by atoms with Crippen molar-refractivity contribution in [2.75, 3.05) is 11.9 Å². The van der Waals surface area contributed by atoms with E-state index in [2.05, 4.69) is 22.9 Å². The van der Waals surface area contributed by atoms with Crippen LogP contribution in [0.2, 0.25) is 5.02 Å². The molecule has 1 unspecified atom stereocenters. The van der Waals surface area contributed by atoms with Gasteiger partial charge in [0, 0.05) is 24.3 Å². The van der Waals surface area contributed by atoms with Crippen LogP contribution in [0.5, 0.6) is 0 Å². The maximum atomic E-state index is 6.06. The number of nitrogens with zero attached hydrogens (tertiary/aromatic N) is 2. The maximum absolute atomic E-state index is 6.06. The third-order valence-electron chi connectivity index (χ3n) is 3.57. The molecule has 0 spiro atoms. The molecular formula is C16H20ClN3. The summed E-state index contributed by atoms with van der Waals surface area (Å²) in [6.45, 7) is 4.10. The summed E-state index contributed by atoms with van der Waals surface area (Å²) < 4.78 is 0. The molecule has 20 heavy (non-hydrogen) atoms. The number of hydrogen-bond donors (Lipinski definition) is 1. The Hall–Kier alpha value is -1.58. The Morgan fingerprint density at radius 1 is 1.15 bits per heavy atom. The Morgan fingerprint density at radius 2 is 1.90 bits per heavy atom. The Kier molecular flexibility index (Phi) is 4.63. The minimum atomic E-state index is 0.00614. The molecule has 0 aliphatic carbocycles. The fraction of sp³-hybridized carbons (Fsp3) is 0.312. The molecule has 1 aromatic heterocycles. The van der Waals surface area contributed by atoms with Crippen molar-refractivity contribution >= 4 is 17.4 Å². The van der Waals surface area contributed by atoms with Crippen molar-refractivity contribution in [2.24, 2.45) is 5.73 Å². The summed E-state index contributed by atoms with van der Waals surface area (Å²) in [6, 6.07) is 12.1. The van der Waals surface area contributed by atoms with Crippen LogP contribution in [-0.2, 0) is 0 Å². The van der Waals surface area contributed by atoms with E-state index in [0.717, 1.165) is 22.0 Å². The van der Waals surface area contributed by atoms with E-state index < -0.39 is 0 Å². The van der Waals surface area contributed by atoms with Gasteiger partial charge in [-0.15, -0.1) is 0 Å². The van der Waals surface area contributed by atoms with Crippen LogP contribution in [0.3, 0.4) is 0 Å². The lowest BCUT2D eigenvalue weighted by molar-refractivity contribution is 0.725. The molecule has 0 bridgehead atoms. The highest BCUT2D eigenvalue weighted by molar-refractivity contribution is 6.30. The van der Waals surface area contributed by atoms with Crippen LogP contribution in [0.15, 0.2) is 42.6 Å². The van der Waals surface area contributed by atoms with Gasteiger partial charge in [0.15, 0.2) is 0 Å². The van der Waals surface area contributed by atoms with Gasteiger partial charge < -0.3 is 10.6 Å². The molecule has 0 amide bonds. The molecule has 2 N–H and O–H groups in total. The summed E-state index contributed by atoms with van der Waals surface area (Å²) in [5.41, 5.74) is 8.17. The zero-order valence-corrected chi connectivity index (χ0v) is 12.8. The number of aromatic nitrogens is 1. The van der Waals surface area contributed by atoms with Gasteiger partial charge in [0.25, 0.3) is 0 Å². The zero-order chi connectivity index (χ0) is 14.7. The van der Waals surface area contributed by atoms with Gasteiger partial charge >= 0.3 is 0 Å². The Morgan fingerprint density at radius 3 is 2.55 bits per heavy atom. The fourth-order valence-electron chi connectivity index (χ4n) is 2.10. The van der Waals surface area contributed by atoms with Crippen molar-refractivity contribution in [3.8, 4) is 0 Å². The number of anilines is 1. The summed E-state index contributed by atoms with van der Waals surface area (Å²) in [7, 11) is 2.03. The molecule has 1 heterocycles. The third-order valence-corrected chi connectivity index (χ3v) is 3.80. The molecule has 2 rings (SSSR count). The molecule has 3 nitrogen and oxygen atoms in total. The monoisotopic (exact) mass is 289 g/mol. The van der Waals surface area contributed by atoms with Gasteiger partial charge in [-0.1, -0.05) is 23.7 Å². The number of halogens is 1. The summed E-state index contributed by atoms with van der Waals surface area (Å²) in [5, 5.41) is 0.750. The molecule has 2 atom stereocenters. The van der Waals surface area contributed by atoms with Crippen molar-refractivity contribution in [3.63, 3.8) is 0 Å². The first-order valence-corrected chi connectivity index (χ1v) is 7.06. The van der Waals surface area contributed by atoms with Gasteiger partial charge in [-0.05, 0) is 49.2 Å². The van der Waals surface area contributed by atoms with E-state index in [0.29, 0.717) is 0 Å². The lowest BCUT2D eigenvalue weighted by Crippen LogP contribution is -2.23. The zero-order valence-electron chi connectivity index (χ0n) is 12.0. The molecule has 2 aromatic rings. The summed E-state index contributed by atoms with van der Waals surface area (Å²) >= 11 is 6.06. The molecular weight excluding hydrogens is 270 g/mol. The third kappa shape index (κ3) is 3.30. The predicted molar refractivity (Wildman–Crippen MR) is 85.1 cm³/mol. The smallest absolute Gasteiger partial charge is 0.129 e. The molecule has 0 radical (unpaired) electrons. The lowest BCUT2D eigenvalue weighted by atomic mass is 10.1. The van der Waals surface area contributed by atoms with Gasteiger partial charge in [-0.3, -0.25) is 0 Å². The Balaban J connectivity index is 2.26. The Bertz CT molecular complexity index is 583. The van der Waals surface area contributed by atoms with E-state index in [9.17, 15) is 0 Å². The molecule has 0 aliphatic heterocycles. The molecule has 0 aliphatic rings. The van der Waals surface area contributed by atoms with Crippen LogP contribution >= 0.6 is 11.6 Å². The van der Waals surface area contributed by atoms with E-state index in [4.69, 9.17) is 17.3 Å². The number of pyridine rings is 1. The summed E-state index contributed by atoms with van der Waals surface area (Å²) in [5.74, 6) is 0.910. The van der Waals surface area contributed by atoms with Crippen LogP contribution < -0.4 is 10.6 Å². The van der Waals surface area contributed by atoms with Gasteiger partial charge in [0.1, 0.15) is 5.82 Å². The Labute approximate surface area is 125 Å². The van der Waals surface area contributed by atoms with E-state index in [-0.39, 0.29) is 12.1 Å². The van der Waals surface area contributed by atoms with Crippen molar-refractivity contribution in [1.29, 1.82) is 0 Å². The first-order chi connectivity index (χ1) is 9.49. The predicted octanol–water partition coefficient (Wildman–Crippen LogP) is 3.95. The second-order valence-electron chi connectivity index (χ2n) is 5.08. The van der Waals surface area contributed by atoms with Crippen LogP contribution in [0, 0.1) is 0 Å². The standard InChI is InChI=1S/C16H20ClN3/c1-11(18)13-7-8-19-16(10-13)20(3)12(2)14-5-4-6-15(17)9-14/h4-12H,18H2,1-3H3/t11-,12?/m1/s1. The number of hydrogen-bond acceptors (Lipinski definition) is 3. The van der Waals surface area contributed by atoms with E-state index >= 15 is 0 Å². The SMILES string of the molecule is CC(c1cccc(Cl)c1)N(C)c1cc([C@@H](C)N)ccn1. The highest BCUT2D eigenvalue weighted by Gasteiger charge is 2.14. The van der Waals surface area contributed by atoms with Crippen LogP contribution in [0.4, 0.5) is 5.82 Å². The van der Waals surface area contributed by atoms with Gasteiger partial charge in [-0.2, -0.15) is 0 Å². The molecule has 0 saturated heterocycles. The van der Waals surface area contributed by atoms with Gasteiger partial charge in [0.05, 0.1) is 6.04 Å². The van der Waals surface area contributed by atoms with Crippen molar-refractivity contribution in [2.45, 2.75) is 25.9 Å². The quantitative estimate of drug-likeness (QED) is 0.926. The minimum absolute atomic E-state index is 0.00614. The second kappa shape index (κ2) is 6.25. The fourth-order valence-corrected chi connectivity index (χ4v) is 2.30. The average Bonchev–Trinajstić information content (AvgIpc) is 2.45. The highest BCUT2D eigenvalue weighted by atomic mass is 35.5. The topological polar surface area (TPSA) is 42.1 Å². The van der Waals surface area contributed by atoms with Crippen LogP contribution in [0.25, 0.3) is 0 Å². The number of benzene rings is 1. The molecule has 4 heteroatoms. The van der Waals surface area contributed by atoms with Crippen LogP contribution in [0.1, 0.15) is 37.1 Å². The largest absolute Gasteiger partial charge is 0.353 e.